The summed E-state index contributed by atoms with van der Waals surface area (Å²) in [6.07, 6.45) is 7.05. The van der Waals surface area contributed by atoms with Crippen molar-refractivity contribution in [3.05, 3.63) is 22.8 Å². The predicted molar refractivity (Wildman–Crippen MR) is 86.0 cm³/mol. The smallest absolute Gasteiger partial charge is 0.147 e. The highest BCUT2D eigenvalue weighted by molar-refractivity contribution is 6.33. The molecule has 0 bridgehead atoms. The van der Waals surface area contributed by atoms with E-state index < -0.39 is 0 Å². The van der Waals surface area contributed by atoms with Gasteiger partial charge in [0, 0.05) is 38.5 Å². The molecule has 21 heavy (non-hydrogen) atoms. The molecule has 1 saturated carbocycles. The standard InChI is InChI=1S/C16H24ClN3O/c1-2-21-14-5-7-20(8-6-14)16-15(17)9-12(11-19-16)10-18-13-3-4-13/h9,11,13-14,18H,2-8,10H2,1H3. The van der Waals surface area contributed by atoms with Crippen LogP contribution in [0.4, 0.5) is 5.82 Å². The average Bonchev–Trinajstić information content (AvgIpc) is 3.31. The van der Waals surface area contributed by atoms with E-state index in [1.165, 1.54) is 18.4 Å². The van der Waals surface area contributed by atoms with Gasteiger partial charge < -0.3 is 15.0 Å². The number of nitrogens with one attached hydrogen (secondary N) is 1. The van der Waals surface area contributed by atoms with E-state index in [2.05, 4.69) is 22.1 Å². The van der Waals surface area contributed by atoms with Crippen molar-refractivity contribution in [1.82, 2.24) is 10.3 Å². The number of nitrogens with zero attached hydrogens (tertiary/aromatic N) is 2. The fraction of sp³-hybridized carbons (Fsp3) is 0.688. The fourth-order valence-electron chi connectivity index (χ4n) is 2.82. The van der Waals surface area contributed by atoms with Crippen LogP contribution < -0.4 is 10.2 Å². The Kier molecular flexibility index (Phi) is 4.99. The minimum absolute atomic E-state index is 0.395. The molecule has 2 aliphatic rings. The van der Waals surface area contributed by atoms with Crippen molar-refractivity contribution >= 4 is 17.4 Å². The second kappa shape index (κ2) is 6.95. The lowest BCUT2D eigenvalue weighted by Crippen LogP contribution is -2.37. The second-order valence-corrected chi connectivity index (χ2v) is 6.35. The molecule has 3 rings (SSSR count). The number of hydrogen-bond donors (Lipinski definition) is 1. The molecular formula is C16H24ClN3O. The van der Waals surface area contributed by atoms with Crippen molar-refractivity contribution in [2.75, 3.05) is 24.6 Å². The van der Waals surface area contributed by atoms with E-state index in [1.54, 1.807) is 0 Å². The first-order valence-electron chi connectivity index (χ1n) is 8.00. The summed E-state index contributed by atoms with van der Waals surface area (Å²) in [4.78, 5) is 6.86. The lowest BCUT2D eigenvalue weighted by molar-refractivity contribution is 0.0458. The van der Waals surface area contributed by atoms with Crippen LogP contribution in [-0.2, 0) is 11.3 Å². The topological polar surface area (TPSA) is 37.4 Å². The summed E-state index contributed by atoms with van der Waals surface area (Å²) in [5.41, 5.74) is 1.17. The van der Waals surface area contributed by atoms with Gasteiger partial charge in [0.15, 0.2) is 0 Å². The van der Waals surface area contributed by atoms with Gasteiger partial charge in [0.1, 0.15) is 5.82 Å². The first kappa shape index (κ1) is 15.1. The van der Waals surface area contributed by atoms with Crippen LogP contribution in [0.2, 0.25) is 5.02 Å². The van der Waals surface area contributed by atoms with Gasteiger partial charge in [-0.05, 0) is 44.2 Å². The van der Waals surface area contributed by atoms with Gasteiger partial charge in [-0.25, -0.2) is 4.98 Å². The third-order valence-corrected chi connectivity index (χ3v) is 4.47. The highest BCUT2D eigenvalue weighted by Gasteiger charge is 2.23. The van der Waals surface area contributed by atoms with Gasteiger partial charge in [0.25, 0.3) is 0 Å². The molecule has 1 aromatic rings. The number of aromatic nitrogens is 1. The van der Waals surface area contributed by atoms with Gasteiger partial charge in [-0.1, -0.05) is 11.6 Å². The summed E-state index contributed by atoms with van der Waals surface area (Å²) in [6.45, 7) is 5.66. The van der Waals surface area contributed by atoms with Gasteiger partial charge in [-0.2, -0.15) is 0 Å². The maximum Gasteiger partial charge on any atom is 0.147 e. The van der Waals surface area contributed by atoms with Crippen LogP contribution in [0.15, 0.2) is 12.3 Å². The summed E-state index contributed by atoms with van der Waals surface area (Å²) in [7, 11) is 0. The van der Waals surface area contributed by atoms with E-state index in [0.29, 0.717) is 12.1 Å². The van der Waals surface area contributed by atoms with Crippen LogP contribution in [0.25, 0.3) is 0 Å². The van der Waals surface area contributed by atoms with Crippen LogP contribution in [0.3, 0.4) is 0 Å². The molecule has 1 N–H and O–H groups in total. The first-order valence-corrected chi connectivity index (χ1v) is 8.38. The molecule has 2 fully saturated rings. The van der Waals surface area contributed by atoms with Crippen molar-refractivity contribution in [3.8, 4) is 0 Å². The Morgan fingerprint density at radius 2 is 2.10 bits per heavy atom. The van der Waals surface area contributed by atoms with Crippen molar-refractivity contribution in [2.24, 2.45) is 0 Å². The summed E-state index contributed by atoms with van der Waals surface area (Å²) in [6, 6.07) is 2.76. The van der Waals surface area contributed by atoms with Gasteiger partial charge in [-0.3, -0.25) is 0 Å². The van der Waals surface area contributed by atoms with E-state index in [0.717, 1.165) is 49.9 Å². The first-order chi connectivity index (χ1) is 10.3. The molecule has 1 aromatic heterocycles. The zero-order valence-electron chi connectivity index (χ0n) is 12.6. The highest BCUT2D eigenvalue weighted by atomic mass is 35.5. The molecule has 116 valence electrons. The zero-order valence-corrected chi connectivity index (χ0v) is 13.4. The molecule has 5 heteroatoms. The molecule has 1 aliphatic carbocycles. The Balaban J connectivity index is 1.57. The van der Waals surface area contributed by atoms with Crippen molar-refractivity contribution in [2.45, 2.75) is 51.3 Å². The van der Waals surface area contributed by atoms with E-state index >= 15 is 0 Å². The molecule has 0 spiro atoms. The van der Waals surface area contributed by atoms with Crippen molar-refractivity contribution in [1.29, 1.82) is 0 Å². The molecule has 4 nitrogen and oxygen atoms in total. The largest absolute Gasteiger partial charge is 0.378 e. The fourth-order valence-corrected chi connectivity index (χ4v) is 3.13. The summed E-state index contributed by atoms with van der Waals surface area (Å²) < 4.78 is 5.69. The van der Waals surface area contributed by atoms with Gasteiger partial charge in [-0.15, -0.1) is 0 Å². The monoisotopic (exact) mass is 309 g/mol. The SMILES string of the molecule is CCOC1CCN(c2ncc(CNC3CC3)cc2Cl)CC1. The molecule has 0 unspecified atom stereocenters. The third kappa shape index (κ3) is 4.09. The van der Waals surface area contributed by atoms with E-state index in [9.17, 15) is 0 Å². The second-order valence-electron chi connectivity index (χ2n) is 5.95. The molecule has 0 aromatic carbocycles. The third-order valence-electron chi connectivity index (χ3n) is 4.19. The van der Waals surface area contributed by atoms with E-state index in [4.69, 9.17) is 16.3 Å². The lowest BCUT2D eigenvalue weighted by Gasteiger charge is -2.33. The molecule has 1 saturated heterocycles. The van der Waals surface area contributed by atoms with Crippen LogP contribution in [0.1, 0.15) is 38.2 Å². The molecule has 2 heterocycles. The molecule has 0 amide bonds. The maximum atomic E-state index is 6.43. The summed E-state index contributed by atoms with van der Waals surface area (Å²) >= 11 is 6.43. The van der Waals surface area contributed by atoms with Crippen molar-refractivity contribution in [3.63, 3.8) is 0 Å². The minimum atomic E-state index is 0.395. The molecule has 0 atom stereocenters. The number of pyridine rings is 1. The van der Waals surface area contributed by atoms with Gasteiger partial charge in [0.05, 0.1) is 11.1 Å². The summed E-state index contributed by atoms with van der Waals surface area (Å²) in [5.74, 6) is 0.918. The zero-order chi connectivity index (χ0) is 14.7. The number of rotatable bonds is 6. The Morgan fingerprint density at radius 1 is 1.33 bits per heavy atom. The van der Waals surface area contributed by atoms with Crippen LogP contribution in [0, 0.1) is 0 Å². The van der Waals surface area contributed by atoms with Crippen molar-refractivity contribution < 1.29 is 4.74 Å². The number of anilines is 1. The number of ether oxygens (including phenoxy) is 1. The maximum absolute atomic E-state index is 6.43. The van der Waals surface area contributed by atoms with E-state index in [1.807, 2.05) is 12.3 Å². The molecule has 0 radical (unpaired) electrons. The number of halogens is 1. The lowest BCUT2D eigenvalue weighted by atomic mass is 10.1. The Morgan fingerprint density at radius 3 is 2.71 bits per heavy atom. The molecule has 1 aliphatic heterocycles. The predicted octanol–water partition coefficient (Wildman–Crippen LogP) is 2.99. The highest BCUT2D eigenvalue weighted by Crippen LogP contribution is 2.28. The quantitative estimate of drug-likeness (QED) is 0.876. The Labute approximate surface area is 131 Å². The minimum Gasteiger partial charge on any atom is -0.378 e. The van der Waals surface area contributed by atoms with Gasteiger partial charge in [0.2, 0.25) is 0 Å². The molecular weight excluding hydrogens is 286 g/mol. The van der Waals surface area contributed by atoms with Crippen LogP contribution >= 0.6 is 11.6 Å². The number of piperidine rings is 1. The number of hydrogen-bond acceptors (Lipinski definition) is 4. The van der Waals surface area contributed by atoms with Crippen LogP contribution in [0.5, 0.6) is 0 Å². The normalized spacial score (nSPS) is 20.0. The Bertz CT molecular complexity index is 471. The van der Waals surface area contributed by atoms with Gasteiger partial charge >= 0.3 is 0 Å². The Hall–Kier alpha value is -0.840. The van der Waals surface area contributed by atoms with Crippen LogP contribution in [-0.4, -0.2) is 36.8 Å². The average molecular weight is 310 g/mol. The van der Waals surface area contributed by atoms with E-state index in [-0.39, 0.29) is 0 Å². The summed E-state index contributed by atoms with van der Waals surface area (Å²) in [5, 5.41) is 4.25.